The lowest BCUT2D eigenvalue weighted by atomic mass is 10.1. The van der Waals surface area contributed by atoms with Gasteiger partial charge in [-0.3, -0.25) is 4.79 Å². The van der Waals surface area contributed by atoms with E-state index in [0.717, 1.165) is 18.9 Å². The van der Waals surface area contributed by atoms with Crippen molar-refractivity contribution in [2.24, 2.45) is 0 Å². The number of nitrogens with zero attached hydrogens (tertiary/aromatic N) is 3. The number of hydrogen-bond acceptors (Lipinski definition) is 4. The molecule has 1 saturated heterocycles. The minimum Gasteiger partial charge on any atom is -0.356 e. The normalized spacial score (nSPS) is 15.9. The minimum atomic E-state index is -0.108. The number of nitrogens with one attached hydrogen (secondary N) is 1. The summed E-state index contributed by atoms with van der Waals surface area (Å²) in [6.45, 7) is 3.55. The molecule has 5 heteroatoms. The fraction of sp³-hybridized carbons (Fsp3) is 0.545. The second kappa shape index (κ2) is 4.92. The molecule has 1 amide bonds. The first-order valence-electron chi connectivity index (χ1n) is 5.60. The highest BCUT2D eigenvalue weighted by Gasteiger charge is 2.12. The van der Waals surface area contributed by atoms with Crippen LogP contribution in [0.25, 0.3) is 0 Å². The van der Waals surface area contributed by atoms with Gasteiger partial charge in [-0.15, -0.1) is 0 Å². The molecule has 2 rings (SSSR count). The lowest BCUT2D eigenvalue weighted by molar-refractivity contribution is -0.114. The summed E-state index contributed by atoms with van der Waals surface area (Å²) >= 11 is 0. The van der Waals surface area contributed by atoms with Crippen LogP contribution in [0.2, 0.25) is 0 Å². The van der Waals surface area contributed by atoms with Gasteiger partial charge >= 0.3 is 0 Å². The average Bonchev–Trinajstić information content (AvgIpc) is 2.30. The molecule has 0 spiro atoms. The lowest BCUT2D eigenvalue weighted by Gasteiger charge is -2.27. The first-order chi connectivity index (χ1) is 7.75. The van der Waals surface area contributed by atoms with E-state index in [2.05, 4.69) is 20.2 Å². The molecule has 86 valence electrons. The number of carbonyl (C=O) groups is 1. The van der Waals surface area contributed by atoms with E-state index >= 15 is 0 Å². The molecular weight excluding hydrogens is 204 g/mol. The van der Waals surface area contributed by atoms with Gasteiger partial charge < -0.3 is 10.2 Å². The van der Waals surface area contributed by atoms with Crippen molar-refractivity contribution in [2.75, 3.05) is 23.3 Å². The van der Waals surface area contributed by atoms with E-state index < -0.39 is 0 Å². The van der Waals surface area contributed by atoms with Crippen LogP contribution >= 0.6 is 0 Å². The molecule has 0 radical (unpaired) electrons. The van der Waals surface area contributed by atoms with E-state index in [4.69, 9.17) is 0 Å². The zero-order valence-corrected chi connectivity index (χ0v) is 9.44. The monoisotopic (exact) mass is 220 g/mol. The van der Waals surface area contributed by atoms with Gasteiger partial charge in [0.2, 0.25) is 5.91 Å². The molecule has 1 aromatic heterocycles. The Bertz CT molecular complexity index is 374. The topological polar surface area (TPSA) is 58.1 Å². The van der Waals surface area contributed by atoms with Gasteiger partial charge in [-0.25, -0.2) is 9.97 Å². The van der Waals surface area contributed by atoms with Gasteiger partial charge in [0.15, 0.2) is 0 Å². The van der Waals surface area contributed by atoms with Crippen LogP contribution in [0, 0.1) is 0 Å². The molecule has 0 unspecified atom stereocenters. The molecule has 1 aliphatic rings. The van der Waals surface area contributed by atoms with Gasteiger partial charge in [0.1, 0.15) is 18.0 Å². The number of aromatic nitrogens is 2. The fourth-order valence-electron chi connectivity index (χ4n) is 1.89. The summed E-state index contributed by atoms with van der Waals surface area (Å²) < 4.78 is 0. The zero-order chi connectivity index (χ0) is 11.4. The molecule has 0 aromatic carbocycles. The Morgan fingerprint density at radius 1 is 1.31 bits per heavy atom. The average molecular weight is 220 g/mol. The number of hydrogen-bond donors (Lipinski definition) is 1. The highest BCUT2D eigenvalue weighted by atomic mass is 16.1. The molecular formula is C11H16N4O. The molecule has 0 aliphatic carbocycles. The highest BCUT2D eigenvalue weighted by molar-refractivity contribution is 5.87. The summed E-state index contributed by atoms with van der Waals surface area (Å²) in [7, 11) is 0. The first-order valence-corrected chi connectivity index (χ1v) is 5.60. The van der Waals surface area contributed by atoms with Crippen LogP contribution < -0.4 is 10.2 Å². The molecule has 5 nitrogen and oxygen atoms in total. The van der Waals surface area contributed by atoms with Gasteiger partial charge in [0.25, 0.3) is 0 Å². The molecule has 1 aromatic rings. The van der Waals surface area contributed by atoms with Crippen LogP contribution in [-0.2, 0) is 4.79 Å². The second-order valence-electron chi connectivity index (χ2n) is 3.99. The minimum absolute atomic E-state index is 0.108. The summed E-state index contributed by atoms with van der Waals surface area (Å²) in [5.74, 6) is 1.37. The molecule has 0 bridgehead atoms. The van der Waals surface area contributed by atoms with Crippen LogP contribution in [0.1, 0.15) is 26.2 Å². The van der Waals surface area contributed by atoms with Gasteiger partial charge in [-0.05, 0) is 19.3 Å². The third kappa shape index (κ3) is 2.68. The SMILES string of the molecule is CC(=O)Nc1cc(N2CCCCC2)ncn1. The van der Waals surface area contributed by atoms with Crippen molar-refractivity contribution in [1.82, 2.24) is 9.97 Å². The molecule has 16 heavy (non-hydrogen) atoms. The van der Waals surface area contributed by atoms with Gasteiger partial charge in [-0.1, -0.05) is 0 Å². The van der Waals surface area contributed by atoms with Crippen molar-refractivity contribution in [3.8, 4) is 0 Å². The summed E-state index contributed by atoms with van der Waals surface area (Å²) in [4.78, 5) is 21.4. The quantitative estimate of drug-likeness (QED) is 0.819. The smallest absolute Gasteiger partial charge is 0.222 e. The zero-order valence-electron chi connectivity index (χ0n) is 9.44. The van der Waals surface area contributed by atoms with Gasteiger partial charge in [0, 0.05) is 26.1 Å². The van der Waals surface area contributed by atoms with E-state index in [1.165, 1.54) is 32.5 Å². The summed E-state index contributed by atoms with van der Waals surface area (Å²) in [6, 6.07) is 1.83. The predicted octanol–water partition coefficient (Wildman–Crippen LogP) is 1.43. The number of anilines is 2. The second-order valence-corrected chi connectivity index (χ2v) is 3.99. The van der Waals surface area contributed by atoms with Crippen molar-refractivity contribution >= 4 is 17.5 Å². The molecule has 1 aliphatic heterocycles. The van der Waals surface area contributed by atoms with Gasteiger partial charge in [-0.2, -0.15) is 0 Å². The maximum Gasteiger partial charge on any atom is 0.222 e. The largest absolute Gasteiger partial charge is 0.356 e. The van der Waals surface area contributed by atoms with E-state index in [-0.39, 0.29) is 5.91 Å². The van der Waals surface area contributed by atoms with E-state index in [0.29, 0.717) is 5.82 Å². The van der Waals surface area contributed by atoms with Crippen LogP contribution in [0.4, 0.5) is 11.6 Å². The van der Waals surface area contributed by atoms with Crippen molar-refractivity contribution in [3.63, 3.8) is 0 Å². The maximum atomic E-state index is 10.9. The molecule has 0 saturated carbocycles. The Kier molecular flexibility index (Phi) is 3.34. The third-order valence-electron chi connectivity index (χ3n) is 2.64. The van der Waals surface area contributed by atoms with Crippen molar-refractivity contribution in [2.45, 2.75) is 26.2 Å². The molecule has 0 atom stereocenters. The summed E-state index contributed by atoms with van der Waals surface area (Å²) in [6.07, 6.45) is 5.20. The lowest BCUT2D eigenvalue weighted by Crippen LogP contribution is -2.30. The number of piperidine rings is 1. The fourth-order valence-corrected chi connectivity index (χ4v) is 1.89. The van der Waals surface area contributed by atoms with E-state index in [9.17, 15) is 4.79 Å². The Morgan fingerprint density at radius 3 is 2.75 bits per heavy atom. The Morgan fingerprint density at radius 2 is 2.06 bits per heavy atom. The van der Waals surface area contributed by atoms with Crippen molar-refractivity contribution in [1.29, 1.82) is 0 Å². The van der Waals surface area contributed by atoms with Crippen LogP contribution in [0.5, 0.6) is 0 Å². The van der Waals surface area contributed by atoms with E-state index in [1.807, 2.05) is 6.07 Å². The van der Waals surface area contributed by atoms with Gasteiger partial charge in [0.05, 0.1) is 0 Å². The Balaban J connectivity index is 2.11. The Labute approximate surface area is 94.9 Å². The molecule has 1 fully saturated rings. The predicted molar refractivity (Wildman–Crippen MR) is 62.4 cm³/mol. The summed E-state index contributed by atoms with van der Waals surface area (Å²) in [5.41, 5.74) is 0. The maximum absolute atomic E-state index is 10.9. The number of rotatable bonds is 2. The van der Waals surface area contributed by atoms with Crippen LogP contribution in [-0.4, -0.2) is 29.0 Å². The van der Waals surface area contributed by atoms with Crippen LogP contribution in [0.3, 0.4) is 0 Å². The third-order valence-corrected chi connectivity index (χ3v) is 2.64. The first kappa shape index (κ1) is 10.9. The summed E-state index contributed by atoms with van der Waals surface area (Å²) in [5, 5.41) is 2.67. The number of amides is 1. The van der Waals surface area contributed by atoms with E-state index in [1.54, 1.807) is 0 Å². The Hall–Kier alpha value is -1.65. The van der Waals surface area contributed by atoms with Crippen molar-refractivity contribution in [3.05, 3.63) is 12.4 Å². The molecule has 1 N–H and O–H groups in total. The standard InChI is InChI=1S/C11H16N4O/c1-9(16)14-10-7-11(13-8-12-10)15-5-3-2-4-6-15/h7-8H,2-6H2,1H3,(H,12,13,14,16). The highest BCUT2D eigenvalue weighted by Crippen LogP contribution is 2.18. The number of carbonyl (C=O) groups excluding carboxylic acids is 1. The molecule has 2 heterocycles. The van der Waals surface area contributed by atoms with Crippen molar-refractivity contribution < 1.29 is 4.79 Å². The van der Waals surface area contributed by atoms with Crippen LogP contribution in [0.15, 0.2) is 12.4 Å².